The van der Waals surface area contributed by atoms with E-state index in [4.69, 9.17) is 0 Å². The maximum Gasteiger partial charge on any atom is 0.153 e. The fraction of sp³-hybridized carbons (Fsp3) is 0. The first-order chi connectivity index (χ1) is 4.86. The van der Waals surface area contributed by atoms with E-state index in [1.807, 2.05) is 18.3 Å². The quantitative estimate of drug-likeness (QED) is 0.655. The summed E-state index contributed by atoms with van der Waals surface area (Å²) in [5.74, 6) is 0. The minimum absolute atomic E-state index is 0.889. The molecule has 10 heavy (non-hydrogen) atoms. The second-order valence-electron chi connectivity index (χ2n) is 1.89. The molecule has 0 aliphatic carbocycles. The van der Waals surface area contributed by atoms with Crippen LogP contribution in [0, 0.1) is 3.70 Å². The van der Waals surface area contributed by atoms with Gasteiger partial charge >= 0.3 is 0 Å². The molecule has 0 spiro atoms. The summed E-state index contributed by atoms with van der Waals surface area (Å²) in [6.07, 6.45) is 3.57. The summed E-state index contributed by atoms with van der Waals surface area (Å²) in [5.41, 5.74) is 0.889. The largest absolute Gasteiger partial charge is 0.236 e. The summed E-state index contributed by atoms with van der Waals surface area (Å²) in [6.45, 7) is 0. The van der Waals surface area contributed by atoms with Crippen molar-refractivity contribution in [3.8, 4) is 0 Å². The first-order valence-corrected chi connectivity index (χ1v) is 3.90. The van der Waals surface area contributed by atoms with E-state index >= 15 is 0 Å². The molecule has 0 aromatic carbocycles. The molecule has 0 bridgehead atoms. The first kappa shape index (κ1) is 6.09. The van der Waals surface area contributed by atoms with Gasteiger partial charge in [-0.25, -0.2) is 9.50 Å². The molecule has 0 unspecified atom stereocenters. The molecule has 0 N–H and O–H groups in total. The Bertz CT molecular complexity index is 355. The highest BCUT2D eigenvalue weighted by atomic mass is 127. The van der Waals surface area contributed by atoms with Crippen LogP contribution in [0.2, 0.25) is 0 Å². The highest BCUT2D eigenvalue weighted by Gasteiger charge is 1.92. The molecule has 0 saturated heterocycles. The van der Waals surface area contributed by atoms with Crippen LogP contribution in [0.25, 0.3) is 5.65 Å². The number of imidazole rings is 1. The fourth-order valence-corrected chi connectivity index (χ4v) is 1.20. The van der Waals surface area contributed by atoms with Crippen LogP contribution in [-0.2, 0) is 0 Å². The molecule has 4 heteroatoms. The van der Waals surface area contributed by atoms with E-state index < -0.39 is 0 Å². The second kappa shape index (κ2) is 2.19. The van der Waals surface area contributed by atoms with Gasteiger partial charge in [0.15, 0.2) is 5.65 Å². The van der Waals surface area contributed by atoms with Crippen molar-refractivity contribution in [2.24, 2.45) is 0 Å². The normalized spacial score (nSPS) is 10.5. The maximum atomic E-state index is 4.18. The van der Waals surface area contributed by atoms with E-state index in [1.165, 1.54) is 0 Å². The number of hydrogen-bond acceptors (Lipinski definition) is 2. The van der Waals surface area contributed by atoms with E-state index in [1.54, 1.807) is 10.7 Å². The molecule has 0 aliphatic rings. The second-order valence-corrected chi connectivity index (χ2v) is 2.99. The van der Waals surface area contributed by atoms with Gasteiger partial charge in [-0.2, -0.15) is 5.10 Å². The van der Waals surface area contributed by atoms with Gasteiger partial charge in [-0.3, -0.25) is 0 Å². The van der Waals surface area contributed by atoms with Gasteiger partial charge < -0.3 is 0 Å². The Kier molecular flexibility index (Phi) is 1.33. The molecule has 2 rings (SSSR count). The lowest BCUT2D eigenvalue weighted by molar-refractivity contribution is 0.914. The zero-order valence-electron chi connectivity index (χ0n) is 5.03. The zero-order chi connectivity index (χ0) is 6.97. The van der Waals surface area contributed by atoms with Crippen LogP contribution in [0.4, 0.5) is 0 Å². The van der Waals surface area contributed by atoms with E-state index in [9.17, 15) is 0 Å². The Morgan fingerprint density at radius 3 is 3.20 bits per heavy atom. The van der Waals surface area contributed by atoms with Gasteiger partial charge in [-0.1, -0.05) is 0 Å². The Hall–Kier alpha value is -0.650. The Morgan fingerprint density at radius 1 is 1.40 bits per heavy atom. The lowest BCUT2D eigenvalue weighted by Crippen LogP contribution is -1.90. The lowest BCUT2D eigenvalue weighted by atomic mass is 10.6. The molecule has 0 radical (unpaired) electrons. The van der Waals surface area contributed by atoms with Crippen LogP contribution >= 0.6 is 22.6 Å². The summed E-state index contributed by atoms with van der Waals surface area (Å²) in [4.78, 5) is 4.06. The van der Waals surface area contributed by atoms with E-state index in [2.05, 4.69) is 32.7 Å². The summed E-state index contributed by atoms with van der Waals surface area (Å²) >= 11 is 2.17. The van der Waals surface area contributed by atoms with Crippen molar-refractivity contribution >= 4 is 28.2 Å². The van der Waals surface area contributed by atoms with Crippen molar-refractivity contribution in [2.75, 3.05) is 0 Å². The zero-order valence-corrected chi connectivity index (χ0v) is 7.19. The molecule has 2 heterocycles. The lowest BCUT2D eigenvalue weighted by Gasteiger charge is -1.90. The highest BCUT2D eigenvalue weighted by Crippen LogP contribution is 2.01. The van der Waals surface area contributed by atoms with Crippen molar-refractivity contribution in [2.45, 2.75) is 0 Å². The highest BCUT2D eigenvalue weighted by molar-refractivity contribution is 14.1. The van der Waals surface area contributed by atoms with Crippen molar-refractivity contribution in [1.29, 1.82) is 0 Å². The Balaban J connectivity index is 2.86. The third-order valence-corrected chi connectivity index (χ3v) is 1.80. The Morgan fingerprint density at radius 2 is 2.30 bits per heavy atom. The van der Waals surface area contributed by atoms with Crippen molar-refractivity contribution < 1.29 is 0 Å². The number of aromatic nitrogens is 3. The van der Waals surface area contributed by atoms with Gasteiger partial charge in [-0.15, -0.1) is 0 Å². The van der Waals surface area contributed by atoms with Crippen LogP contribution in [0.5, 0.6) is 0 Å². The average Bonchev–Trinajstić information content (AvgIpc) is 2.33. The molecule has 3 nitrogen and oxygen atoms in total. The topological polar surface area (TPSA) is 30.2 Å². The number of rotatable bonds is 0. The molecular formula is C6H4IN3. The number of fused-ring (bicyclic) bond motifs is 1. The van der Waals surface area contributed by atoms with Crippen LogP contribution < -0.4 is 0 Å². The van der Waals surface area contributed by atoms with Gasteiger partial charge in [0.2, 0.25) is 0 Å². The molecule has 50 valence electrons. The molecule has 0 amide bonds. The summed E-state index contributed by atoms with van der Waals surface area (Å²) in [7, 11) is 0. The van der Waals surface area contributed by atoms with Crippen molar-refractivity contribution in [1.82, 2.24) is 14.6 Å². The summed E-state index contributed by atoms with van der Waals surface area (Å²) < 4.78 is 2.73. The molecule has 0 fully saturated rings. The Labute approximate surface area is 71.2 Å². The van der Waals surface area contributed by atoms with Gasteiger partial charge in [0.25, 0.3) is 0 Å². The average molecular weight is 245 g/mol. The number of nitrogens with zero attached hydrogens (tertiary/aromatic N) is 3. The van der Waals surface area contributed by atoms with Crippen LogP contribution in [0.1, 0.15) is 0 Å². The smallest absolute Gasteiger partial charge is 0.153 e. The predicted molar refractivity (Wildman–Crippen MR) is 45.7 cm³/mol. The standard InChI is InChI=1S/C6H4IN3/c7-5-1-2-6-8-3-4-10(6)9-5/h1-4H. The first-order valence-electron chi connectivity index (χ1n) is 2.82. The van der Waals surface area contributed by atoms with Gasteiger partial charge in [0.1, 0.15) is 3.70 Å². The number of hydrogen-bond donors (Lipinski definition) is 0. The van der Waals surface area contributed by atoms with Gasteiger partial charge in [-0.05, 0) is 34.7 Å². The third-order valence-electron chi connectivity index (χ3n) is 1.22. The summed E-state index contributed by atoms with van der Waals surface area (Å²) in [5, 5.41) is 4.18. The summed E-state index contributed by atoms with van der Waals surface area (Å²) in [6, 6.07) is 3.87. The predicted octanol–water partition coefficient (Wildman–Crippen LogP) is 1.33. The van der Waals surface area contributed by atoms with E-state index in [0.29, 0.717) is 0 Å². The molecular weight excluding hydrogens is 241 g/mol. The minimum Gasteiger partial charge on any atom is -0.236 e. The number of halogens is 1. The third kappa shape index (κ3) is 0.880. The monoisotopic (exact) mass is 245 g/mol. The van der Waals surface area contributed by atoms with Gasteiger partial charge in [0, 0.05) is 12.4 Å². The van der Waals surface area contributed by atoms with Crippen molar-refractivity contribution in [3.05, 3.63) is 28.2 Å². The SMILES string of the molecule is Ic1ccc2nccn2n1. The van der Waals surface area contributed by atoms with Crippen LogP contribution in [-0.4, -0.2) is 14.6 Å². The minimum atomic E-state index is 0.889. The fourth-order valence-electron chi connectivity index (χ4n) is 0.792. The molecule has 0 saturated carbocycles. The van der Waals surface area contributed by atoms with Gasteiger partial charge in [0.05, 0.1) is 0 Å². The van der Waals surface area contributed by atoms with E-state index in [-0.39, 0.29) is 0 Å². The molecule has 0 aliphatic heterocycles. The molecule has 2 aromatic heterocycles. The van der Waals surface area contributed by atoms with Crippen LogP contribution in [0.3, 0.4) is 0 Å². The molecule has 2 aromatic rings. The maximum absolute atomic E-state index is 4.18. The molecule has 0 atom stereocenters. The van der Waals surface area contributed by atoms with Crippen LogP contribution in [0.15, 0.2) is 24.5 Å². The van der Waals surface area contributed by atoms with Crippen molar-refractivity contribution in [3.63, 3.8) is 0 Å². The van der Waals surface area contributed by atoms with E-state index in [0.717, 1.165) is 9.35 Å².